The van der Waals surface area contributed by atoms with Crippen LogP contribution < -0.4 is 9.64 Å². The van der Waals surface area contributed by atoms with Crippen LogP contribution in [0.2, 0.25) is 0 Å². The third-order valence-electron chi connectivity index (χ3n) is 3.95. The van der Waals surface area contributed by atoms with E-state index in [4.69, 9.17) is 4.74 Å². The number of likely N-dealkylation sites (tertiary alicyclic amines) is 1. The molecule has 0 N–H and O–H groups in total. The first-order valence-corrected chi connectivity index (χ1v) is 8.78. The van der Waals surface area contributed by atoms with Crippen molar-refractivity contribution in [1.29, 1.82) is 0 Å². The number of hydrogen-bond acceptors (Lipinski definition) is 7. The molecule has 2 aromatic rings. The standard InChI is InChI=1S/C16H21N5O2S/c1-11-13(24-10-19-11)16(22)21-8-4-5-12(9-21)23-15-14(20(2)3)17-6-7-18-15/h6-7,10,12H,4-5,8-9H2,1-3H3/t12-/m1/s1. The number of aromatic nitrogens is 3. The van der Waals surface area contributed by atoms with Gasteiger partial charge >= 0.3 is 0 Å². The van der Waals surface area contributed by atoms with Gasteiger partial charge in [-0.05, 0) is 19.8 Å². The van der Waals surface area contributed by atoms with Crippen LogP contribution in [0.1, 0.15) is 28.2 Å². The normalized spacial score (nSPS) is 17.6. The van der Waals surface area contributed by atoms with Crippen molar-refractivity contribution in [2.45, 2.75) is 25.9 Å². The van der Waals surface area contributed by atoms with Gasteiger partial charge in [0.1, 0.15) is 11.0 Å². The molecule has 0 bridgehead atoms. The highest BCUT2D eigenvalue weighted by atomic mass is 32.1. The Hall–Kier alpha value is -2.22. The molecule has 3 rings (SSSR count). The van der Waals surface area contributed by atoms with Crippen molar-refractivity contribution in [2.24, 2.45) is 0 Å². The summed E-state index contributed by atoms with van der Waals surface area (Å²) >= 11 is 1.39. The van der Waals surface area contributed by atoms with Gasteiger partial charge in [0.25, 0.3) is 11.8 Å². The van der Waals surface area contributed by atoms with Gasteiger partial charge < -0.3 is 14.5 Å². The van der Waals surface area contributed by atoms with Gasteiger partial charge in [-0.15, -0.1) is 11.3 Å². The maximum Gasteiger partial charge on any atom is 0.265 e. The van der Waals surface area contributed by atoms with Crippen LogP contribution in [0, 0.1) is 6.92 Å². The molecule has 1 fully saturated rings. The minimum Gasteiger partial charge on any atom is -0.470 e. The van der Waals surface area contributed by atoms with Gasteiger partial charge in [-0.3, -0.25) is 4.79 Å². The summed E-state index contributed by atoms with van der Waals surface area (Å²) in [5, 5.41) is 0. The zero-order valence-corrected chi connectivity index (χ0v) is 14.9. The van der Waals surface area contributed by atoms with Crippen LogP contribution in [0.5, 0.6) is 5.88 Å². The second-order valence-corrected chi connectivity index (χ2v) is 6.83. The van der Waals surface area contributed by atoms with Crippen molar-refractivity contribution in [1.82, 2.24) is 19.9 Å². The fraction of sp³-hybridized carbons (Fsp3) is 0.500. The molecule has 24 heavy (non-hydrogen) atoms. The number of hydrogen-bond donors (Lipinski definition) is 0. The highest BCUT2D eigenvalue weighted by Crippen LogP contribution is 2.25. The Morgan fingerprint density at radius 1 is 1.33 bits per heavy atom. The molecule has 0 aromatic carbocycles. The molecular formula is C16H21N5O2S. The highest BCUT2D eigenvalue weighted by molar-refractivity contribution is 7.11. The molecule has 1 aliphatic heterocycles. The summed E-state index contributed by atoms with van der Waals surface area (Å²) in [5.74, 6) is 1.24. The zero-order chi connectivity index (χ0) is 17.1. The van der Waals surface area contributed by atoms with Crippen LogP contribution in [-0.4, -0.2) is 59.0 Å². The molecule has 1 amide bonds. The van der Waals surface area contributed by atoms with Crippen LogP contribution in [0.4, 0.5) is 5.82 Å². The summed E-state index contributed by atoms with van der Waals surface area (Å²) in [6.07, 6.45) is 4.99. The van der Waals surface area contributed by atoms with Gasteiger partial charge in [0, 0.05) is 33.0 Å². The summed E-state index contributed by atoms with van der Waals surface area (Å²) in [6.45, 7) is 3.17. The zero-order valence-electron chi connectivity index (χ0n) is 14.1. The Morgan fingerprint density at radius 2 is 2.12 bits per heavy atom. The minimum absolute atomic E-state index is 0.0373. The molecule has 0 spiro atoms. The van der Waals surface area contributed by atoms with Crippen LogP contribution in [0.25, 0.3) is 0 Å². The number of nitrogens with zero attached hydrogens (tertiary/aromatic N) is 5. The van der Waals surface area contributed by atoms with E-state index < -0.39 is 0 Å². The summed E-state index contributed by atoms with van der Waals surface area (Å²) in [4.78, 5) is 29.8. The minimum atomic E-state index is -0.0775. The maximum atomic E-state index is 12.7. The van der Waals surface area contributed by atoms with Crippen LogP contribution in [-0.2, 0) is 0 Å². The Kier molecular flexibility index (Phi) is 4.94. The summed E-state index contributed by atoms with van der Waals surface area (Å²) < 4.78 is 6.05. The van der Waals surface area contributed by atoms with E-state index in [1.807, 2.05) is 30.8 Å². The van der Waals surface area contributed by atoms with Crippen LogP contribution in [0.3, 0.4) is 0 Å². The fourth-order valence-corrected chi connectivity index (χ4v) is 3.50. The number of rotatable bonds is 4. The quantitative estimate of drug-likeness (QED) is 0.842. The van der Waals surface area contributed by atoms with Crippen molar-refractivity contribution < 1.29 is 9.53 Å². The van der Waals surface area contributed by atoms with E-state index in [0.29, 0.717) is 23.1 Å². The lowest BCUT2D eigenvalue weighted by Gasteiger charge is -2.32. The molecule has 0 aliphatic carbocycles. The molecule has 0 radical (unpaired) electrons. The predicted octanol–water partition coefficient (Wildman–Crippen LogP) is 1.99. The lowest BCUT2D eigenvalue weighted by atomic mass is 10.1. The molecule has 128 valence electrons. The predicted molar refractivity (Wildman–Crippen MR) is 92.8 cm³/mol. The summed E-state index contributed by atoms with van der Waals surface area (Å²) in [7, 11) is 3.81. The Bertz CT molecular complexity index is 718. The number of amides is 1. The van der Waals surface area contributed by atoms with Crippen molar-refractivity contribution in [3.63, 3.8) is 0 Å². The maximum absolute atomic E-state index is 12.7. The molecule has 0 saturated carbocycles. The smallest absolute Gasteiger partial charge is 0.265 e. The molecule has 7 nitrogen and oxygen atoms in total. The van der Waals surface area contributed by atoms with Gasteiger partial charge in [0.2, 0.25) is 0 Å². The average molecular weight is 347 g/mol. The Labute approximate surface area is 145 Å². The van der Waals surface area contributed by atoms with E-state index in [0.717, 1.165) is 25.1 Å². The molecule has 1 saturated heterocycles. The second kappa shape index (κ2) is 7.12. The Balaban J connectivity index is 1.70. The number of ether oxygens (including phenoxy) is 1. The molecule has 1 atom stereocenters. The van der Waals surface area contributed by atoms with Gasteiger partial charge in [-0.2, -0.15) is 0 Å². The first kappa shape index (κ1) is 16.6. The van der Waals surface area contributed by atoms with E-state index >= 15 is 0 Å². The number of aryl methyl sites for hydroxylation is 1. The Morgan fingerprint density at radius 3 is 2.83 bits per heavy atom. The lowest BCUT2D eigenvalue weighted by Crippen LogP contribution is -2.44. The van der Waals surface area contributed by atoms with E-state index in [-0.39, 0.29) is 12.0 Å². The number of piperidine rings is 1. The SMILES string of the molecule is Cc1ncsc1C(=O)N1CCC[C@@H](Oc2nccnc2N(C)C)C1. The third-order valence-corrected chi connectivity index (χ3v) is 4.87. The van der Waals surface area contributed by atoms with E-state index in [1.54, 1.807) is 17.9 Å². The largest absolute Gasteiger partial charge is 0.470 e. The van der Waals surface area contributed by atoms with Crippen LogP contribution in [0.15, 0.2) is 17.9 Å². The number of carbonyl (C=O) groups excluding carboxylic acids is 1. The molecular weight excluding hydrogens is 326 g/mol. The third kappa shape index (κ3) is 3.48. The van der Waals surface area contributed by atoms with Crippen LogP contribution >= 0.6 is 11.3 Å². The van der Waals surface area contributed by atoms with E-state index in [1.165, 1.54) is 11.3 Å². The molecule has 0 unspecified atom stereocenters. The molecule has 1 aliphatic rings. The molecule has 3 heterocycles. The topological polar surface area (TPSA) is 71.5 Å². The first-order chi connectivity index (χ1) is 11.6. The number of anilines is 1. The van der Waals surface area contributed by atoms with Crippen molar-refractivity contribution in [3.05, 3.63) is 28.5 Å². The van der Waals surface area contributed by atoms with Crippen molar-refractivity contribution in [2.75, 3.05) is 32.1 Å². The summed E-state index contributed by atoms with van der Waals surface area (Å²) in [5.41, 5.74) is 2.50. The van der Waals surface area contributed by atoms with E-state index in [9.17, 15) is 4.79 Å². The molecule has 8 heteroatoms. The number of carbonyl (C=O) groups is 1. The first-order valence-electron chi connectivity index (χ1n) is 7.90. The van der Waals surface area contributed by atoms with Gasteiger partial charge in [0.15, 0.2) is 5.82 Å². The lowest BCUT2D eigenvalue weighted by molar-refractivity contribution is 0.0531. The van der Waals surface area contributed by atoms with Crippen molar-refractivity contribution >= 4 is 23.1 Å². The average Bonchev–Trinajstić information content (AvgIpc) is 3.01. The van der Waals surface area contributed by atoms with Crippen molar-refractivity contribution in [3.8, 4) is 5.88 Å². The summed E-state index contributed by atoms with van der Waals surface area (Å²) in [6, 6.07) is 0. The monoisotopic (exact) mass is 347 g/mol. The van der Waals surface area contributed by atoms with Gasteiger partial charge in [0.05, 0.1) is 17.7 Å². The number of thiazole rings is 1. The van der Waals surface area contributed by atoms with Gasteiger partial charge in [-0.1, -0.05) is 0 Å². The molecule has 2 aromatic heterocycles. The van der Waals surface area contributed by atoms with E-state index in [2.05, 4.69) is 15.0 Å². The highest BCUT2D eigenvalue weighted by Gasteiger charge is 2.28. The van der Waals surface area contributed by atoms with Gasteiger partial charge in [-0.25, -0.2) is 15.0 Å². The fourth-order valence-electron chi connectivity index (χ4n) is 2.74. The second-order valence-electron chi connectivity index (χ2n) is 5.98.